The van der Waals surface area contributed by atoms with E-state index in [-0.39, 0.29) is 5.78 Å². The largest absolute Gasteiger partial charge is 0.299 e. The Kier molecular flexibility index (Phi) is 3.55. The SMILES string of the molecule is O=C1CC(c2ccnnc2)=Nc2ccc(-c3cccs3)cc2C1. The Morgan fingerprint density at radius 3 is 2.74 bits per heavy atom. The molecular formula is C18H13N3OS. The highest BCUT2D eigenvalue weighted by Crippen LogP contribution is 2.32. The van der Waals surface area contributed by atoms with Crippen molar-refractivity contribution in [2.75, 3.05) is 0 Å². The number of ketones is 1. The van der Waals surface area contributed by atoms with Gasteiger partial charge in [-0.1, -0.05) is 12.1 Å². The van der Waals surface area contributed by atoms with Crippen molar-refractivity contribution in [3.8, 4) is 10.4 Å². The minimum atomic E-state index is 0.169. The molecule has 0 atom stereocenters. The van der Waals surface area contributed by atoms with Crippen LogP contribution in [0.15, 0.2) is 59.2 Å². The van der Waals surface area contributed by atoms with E-state index in [1.807, 2.05) is 18.2 Å². The monoisotopic (exact) mass is 319 g/mol. The van der Waals surface area contributed by atoms with Crippen molar-refractivity contribution in [3.63, 3.8) is 0 Å². The van der Waals surface area contributed by atoms with Crippen molar-refractivity contribution in [1.29, 1.82) is 0 Å². The molecule has 1 aliphatic rings. The number of nitrogens with zero attached hydrogens (tertiary/aromatic N) is 3. The number of carbonyl (C=O) groups excluding carboxylic acids is 1. The van der Waals surface area contributed by atoms with Gasteiger partial charge < -0.3 is 0 Å². The standard InChI is InChI=1S/C18H13N3OS/c22-15-9-14-8-12(18-2-1-7-23-18)3-4-16(14)21-17(10-15)13-5-6-19-20-11-13/h1-8,11H,9-10H2. The third-order valence-electron chi connectivity index (χ3n) is 3.81. The van der Waals surface area contributed by atoms with Gasteiger partial charge in [-0.25, -0.2) is 0 Å². The van der Waals surface area contributed by atoms with Gasteiger partial charge in [0.25, 0.3) is 0 Å². The van der Waals surface area contributed by atoms with Gasteiger partial charge >= 0.3 is 0 Å². The Balaban J connectivity index is 1.79. The van der Waals surface area contributed by atoms with Crippen molar-refractivity contribution in [2.24, 2.45) is 4.99 Å². The Morgan fingerprint density at radius 1 is 1.00 bits per heavy atom. The van der Waals surface area contributed by atoms with Crippen LogP contribution in [-0.2, 0) is 11.2 Å². The molecule has 3 aromatic rings. The first-order chi connectivity index (χ1) is 11.3. The molecule has 23 heavy (non-hydrogen) atoms. The molecule has 0 fully saturated rings. The second-order valence-corrected chi connectivity index (χ2v) is 6.35. The Hall–Kier alpha value is -2.66. The lowest BCUT2D eigenvalue weighted by Crippen LogP contribution is -2.09. The third-order valence-corrected chi connectivity index (χ3v) is 4.73. The topological polar surface area (TPSA) is 55.2 Å². The van der Waals surface area contributed by atoms with Gasteiger partial charge in [0.05, 0.1) is 23.8 Å². The highest BCUT2D eigenvalue weighted by atomic mass is 32.1. The number of fused-ring (bicyclic) bond motifs is 1. The van der Waals surface area contributed by atoms with Crippen molar-refractivity contribution in [3.05, 3.63) is 65.3 Å². The summed E-state index contributed by atoms with van der Waals surface area (Å²) in [6.07, 6.45) is 4.01. The van der Waals surface area contributed by atoms with E-state index in [1.165, 1.54) is 4.88 Å². The molecule has 5 heteroatoms. The predicted octanol–water partition coefficient (Wildman–Crippen LogP) is 3.84. The molecule has 1 aromatic carbocycles. The summed E-state index contributed by atoms with van der Waals surface area (Å²) in [6.45, 7) is 0. The zero-order valence-electron chi connectivity index (χ0n) is 12.3. The zero-order chi connectivity index (χ0) is 15.6. The van der Waals surface area contributed by atoms with E-state index in [4.69, 9.17) is 4.99 Å². The number of rotatable bonds is 2. The first-order valence-corrected chi connectivity index (χ1v) is 8.21. The number of hydrogen-bond donors (Lipinski definition) is 0. The molecule has 0 spiro atoms. The van der Waals surface area contributed by atoms with E-state index in [9.17, 15) is 4.79 Å². The number of aliphatic imine (C=N–C) groups is 1. The summed E-state index contributed by atoms with van der Waals surface area (Å²) in [5.74, 6) is 0.169. The van der Waals surface area contributed by atoms with E-state index in [1.54, 1.807) is 23.7 Å². The van der Waals surface area contributed by atoms with Crippen LogP contribution in [0, 0.1) is 0 Å². The first kappa shape index (κ1) is 14.0. The quantitative estimate of drug-likeness (QED) is 0.721. The third kappa shape index (κ3) is 2.83. The minimum absolute atomic E-state index is 0.169. The van der Waals surface area contributed by atoms with Gasteiger partial charge in [0, 0.05) is 23.3 Å². The lowest BCUT2D eigenvalue weighted by molar-refractivity contribution is -0.117. The van der Waals surface area contributed by atoms with Crippen LogP contribution >= 0.6 is 11.3 Å². The maximum absolute atomic E-state index is 12.3. The van der Waals surface area contributed by atoms with E-state index in [0.717, 1.165) is 28.1 Å². The zero-order valence-corrected chi connectivity index (χ0v) is 13.1. The molecule has 0 saturated heterocycles. The molecule has 0 bridgehead atoms. The number of hydrogen-bond acceptors (Lipinski definition) is 5. The van der Waals surface area contributed by atoms with Crippen molar-refractivity contribution < 1.29 is 4.79 Å². The number of Topliss-reactive ketones (excluding diaryl/α,β-unsaturated/α-hetero) is 1. The second kappa shape index (κ2) is 5.85. The molecule has 0 radical (unpaired) electrons. The number of carbonyl (C=O) groups is 1. The number of benzene rings is 1. The molecular weight excluding hydrogens is 306 g/mol. The molecule has 0 N–H and O–H groups in total. The highest BCUT2D eigenvalue weighted by Gasteiger charge is 2.18. The van der Waals surface area contributed by atoms with Gasteiger partial charge in [-0.05, 0) is 40.8 Å². The average Bonchev–Trinajstić information content (AvgIpc) is 3.05. The van der Waals surface area contributed by atoms with E-state index in [0.29, 0.717) is 12.8 Å². The molecule has 1 aliphatic heterocycles. The Morgan fingerprint density at radius 2 is 1.96 bits per heavy atom. The fourth-order valence-electron chi connectivity index (χ4n) is 2.71. The van der Waals surface area contributed by atoms with Crippen molar-refractivity contribution >= 4 is 28.5 Å². The van der Waals surface area contributed by atoms with Gasteiger partial charge in [-0.2, -0.15) is 10.2 Å². The molecule has 0 aliphatic carbocycles. The fraction of sp³-hybridized carbons (Fsp3) is 0.111. The number of aromatic nitrogens is 2. The maximum atomic E-state index is 12.3. The molecule has 112 valence electrons. The first-order valence-electron chi connectivity index (χ1n) is 7.33. The molecule has 0 unspecified atom stereocenters. The summed E-state index contributed by atoms with van der Waals surface area (Å²) < 4.78 is 0. The van der Waals surface area contributed by atoms with Crippen LogP contribution in [-0.4, -0.2) is 21.7 Å². The molecule has 4 nitrogen and oxygen atoms in total. The van der Waals surface area contributed by atoms with Crippen LogP contribution in [0.25, 0.3) is 10.4 Å². The van der Waals surface area contributed by atoms with Crippen LogP contribution < -0.4 is 0 Å². The van der Waals surface area contributed by atoms with Crippen molar-refractivity contribution in [1.82, 2.24) is 10.2 Å². The van der Waals surface area contributed by atoms with Crippen LogP contribution in [0.4, 0.5) is 5.69 Å². The Labute approximate surface area is 137 Å². The Bertz CT molecular complexity index is 886. The van der Waals surface area contributed by atoms with Crippen LogP contribution in [0.3, 0.4) is 0 Å². The highest BCUT2D eigenvalue weighted by molar-refractivity contribution is 7.13. The van der Waals surface area contributed by atoms with Gasteiger partial charge in [0.2, 0.25) is 0 Å². The minimum Gasteiger partial charge on any atom is -0.299 e. The molecule has 0 saturated carbocycles. The molecule has 3 heterocycles. The second-order valence-electron chi connectivity index (χ2n) is 5.40. The van der Waals surface area contributed by atoms with Gasteiger partial charge in [-0.15, -0.1) is 11.3 Å². The smallest absolute Gasteiger partial charge is 0.143 e. The fourth-order valence-corrected chi connectivity index (χ4v) is 3.43. The summed E-state index contributed by atoms with van der Waals surface area (Å²) >= 11 is 1.69. The van der Waals surface area contributed by atoms with E-state index < -0.39 is 0 Å². The summed E-state index contributed by atoms with van der Waals surface area (Å²) in [6, 6.07) is 12.1. The lowest BCUT2D eigenvalue weighted by Gasteiger charge is -2.05. The maximum Gasteiger partial charge on any atom is 0.143 e. The van der Waals surface area contributed by atoms with E-state index in [2.05, 4.69) is 33.8 Å². The molecule has 4 rings (SSSR count). The summed E-state index contributed by atoms with van der Waals surface area (Å²) in [7, 11) is 0. The molecule has 2 aromatic heterocycles. The van der Waals surface area contributed by atoms with Gasteiger partial charge in [-0.3, -0.25) is 9.79 Å². The van der Waals surface area contributed by atoms with Crippen molar-refractivity contribution in [2.45, 2.75) is 12.8 Å². The van der Waals surface area contributed by atoms with Gasteiger partial charge in [0.15, 0.2) is 0 Å². The lowest BCUT2D eigenvalue weighted by atomic mass is 10.0. The predicted molar refractivity (Wildman–Crippen MR) is 91.3 cm³/mol. The van der Waals surface area contributed by atoms with Crippen LogP contribution in [0.2, 0.25) is 0 Å². The number of thiophene rings is 1. The summed E-state index contributed by atoms with van der Waals surface area (Å²) in [4.78, 5) is 18.2. The van der Waals surface area contributed by atoms with Gasteiger partial charge in [0.1, 0.15) is 5.78 Å². The summed E-state index contributed by atoms with van der Waals surface area (Å²) in [5.41, 5.74) is 4.59. The normalized spacial score (nSPS) is 14.1. The molecule has 0 amide bonds. The van der Waals surface area contributed by atoms with Crippen LogP contribution in [0.5, 0.6) is 0 Å². The van der Waals surface area contributed by atoms with Crippen LogP contribution in [0.1, 0.15) is 17.5 Å². The van der Waals surface area contributed by atoms with E-state index >= 15 is 0 Å². The summed E-state index contributed by atoms with van der Waals surface area (Å²) in [5, 5.41) is 9.71. The average molecular weight is 319 g/mol.